The molecule has 2 heteroatoms. The molecule has 2 saturated carbocycles. The maximum absolute atomic E-state index is 11.9. The standard InChI is InChI=1S/C14H22O2/c1-8-9-5-10-12(15)16-11(9)6-14(8,10)7-13(2,3)4/h8-11H,5-7H2,1-4H3. The van der Waals surface area contributed by atoms with Crippen molar-refractivity contribution in [2.45, 2.75) is 53.1 Å². The fraction of sp³-hybridized carbons (Fsp3) is 0.929. The smallest absolute Gasteiger partial charge is 0.309 e. The van der Waals surface area contributed by atoms with Gasteiger partial charge in [-0.15, -0.1) is 0 Å². The topological polar surface area (TPSA) is 26.3 Å². The van der Waals surface area contributed by atoms with E-state index in [1.807, 2.05) is 0 Å². The summed E-state index contributed by atoms with van der Waals surface area (Å²) in [6.45, 7) is 9.22. The minimum absolute atomic E-state index is 0.0982. The minimum Gasteiger partial charge on any atom is -0.462 e. The van der Waals surface area contributed by atoms with Crippen LogP contribution < -0.4 is 0 Å². The Bertz CT molecular complexity index is 341. The van der Waals surface area contributed by atoms with Gasteiger partial charge < -0.3 is 4.74 Å². The molecule has 16 heavy (non-hydrogen) atoms. The third-order valence-electron chi connectivity index (χ3n) is 5.22. The molecule has 5 atom stereocenters. The largest absolute Gasteiger partial charge is 0.462 e. The number of ether oxygens (including phenoxy) is 1. The zero-order valence-corrected chi connectivity index (χ0v) is 10.7. The second-order valence-electron chi connectivity index (χ2n) is 7.39. The highest BCUT2D eigenvalue weighted by molar-refractivity contribution is 5.76. The van der Waals surface area contributed by atoms with Gasteiger partial charge in [0.25, 0.3) is 0 Å². The van der Waals surface area contributed by atoms with Crippen LogP contribution in [0.15, 0.2) is 0 Å². The van der Waals surface area contributed by atoms with Crippen molar-refractivity contribution in [3.63, 3.8) is 0 Å². The molecule has 0 radical (unpaired) electrons. The summed E-state index contributed by atoms with van der Waals surface area (Å²) in [6, 6.07) is 0. The highest BCUT2D eigenvalue weighted by atomic mass is 16.5. The molecule has 5 unspecified atom stereocenters. The molecule has 0 amide bonds. The molecule has 90 valence electrons. The van der Waals surface area contributed by atoms with E-state index in [0.29, 0.717) is 17.3 Å². The summed E-state index contributed by atoms with van der Waals surface area (Å²) in [7, 11) is 0. The van der Waals surface area contributed by atoms with Gasteiger partial charge in [0.15, 0.2) is 0 Å². The van der Waals surface area contributed by atoms with Crippen LogP contribution in [0.25, 0.3) is 0 Å². The first-order valence-corrected chi connectivity index (χ1v) is 6.54. The fourth-order valence-corrected chi connectivity index (χ4v) is 4.82. The highest BCUT2D eigenvalue weighted by Gasteiger charge is 2.68. The van der Waals surface area contributed by atoms with Gasteiger partial charge in [0, 0.05) is 0 Å². The maximum Gasteiger partial charge on any atom is 0.309 e. The van der Waals surface area contributed by atoms with Crippen LogP contribution in [0.5, 0.6) is 0 Å². The number of esters is 1. The summed E-state index contributed by atoms with van der Waals surface area (Å²) in [5, 5.41) is 0. The van der Waals surface area contributed by atoms with Gasteiger partial charge in [0.1, 0.15) is 6.10 Å². The van der Waals surface area contributed by atoms with E-state index < -0.39 is 0 Å². The first kappa shape index (κ1) is 10.6. The van der Waals surface area contributed by atoms with E-state index >= 15 is 0 Å². The normalized spacial score (nSPS) is 49.9. The van der Waals surface area contributed by atoms with Crippen LogP contribution >= 0.6 is 0 Å². The van der Waals surface area contributed by atoms with Crippen molar-refractivity contribution in [1.29, 1.82) is 0 Å². The van der Waals surface area contributed by atoms with Gasteiger partial charge in [-0.2, -0.15) is 0 Å². The van der Waals surface area contributed by atoms with Gasteiger partial charge in [-0.25, -0.2) is 0 Å². The molecule has 4 bridgehead atoms. The van der Waals surface area contributed by atoms with Crippen molar-refractivity contribution >= 4 is 5.97 Å². The summed E-state index contributed by atoms with van der Waals surface area (Å²) in [4.78, 5) is 11.9. The second-order valence-corrected chi connectivity index (χ2v) is 7.39. The Kier molecular flexibility index (Phi) is 1.88. The van der Waals surface area contributed by atoms with Crippen LogP contribution in [0.3, 0.4) is 0 Å². The molecule has 0 aromatic carbocycles. The number of hydrogen-bond acceptors (Lipinski definition) is 2. The minimum atomic E-state index is 0.0982. The van der Waals surface area contributed by atoms with Crippen LogP contribution in [-0.4, -0.2) is 12.1 Å². The van der Waals surface area contributed by atoms with Crippen molar-refractivity contribution < 1.29 is 9.53 Å². The molecule has 2 saturated heterocycles. The van der Waals surface area contributed by atoms with Crippen LogP contribution in [0.4, 0.5) is 0 Å². The predicted molar refractivity (Wildman–Crippen MR) is 61.8 cm³/mol. The fourth-order valence-electron chi connectivity index (χ4n) is 4.82. The first-order chi connectivity index (χ1) is 7.33. The van der Waals surface area contributed by atoms with E-state index in [2.05, 4.69) is 27.7 Å². The number of fused-ring (bicyclic) bond motifs is 1. The van der Waals surface area contributed by atoms with Gasteiger partial charge in [0.05, 0.1) is 5.92 Å². The molecule has 0 aromatic heterocycles. The summed E-state index contributed by atoms with van der Waals surface area (Å²) in [5.74, 6) is 1.64. The van der Waals surface area contributed by atoms with E-state index in [-0.39, 0.29) is 23.4 Å². The molecule has 4 aliphatic rings. The average molecular weight is 222 g/mol. The van der Waals surface area contributed by atoms with Gasteiger partial charge in [0.2, 0.25) is 0 Å². The van der Waals surface area contributed by atoms with E-state index in [4.69, 9.17) is 4.74 Å². The lowest BCUT2D eigenvalue weighted by molar-refractivity contribution is -0.177. The third kappa shape index (κ3) is 1.16. The Morgan fingerprint density at radius 3 is 2.69 bits per heavy atom. The highest BCUT2D eigenvalue weighted by Crippen LogP contribution is 2.68. The molecular weight excluding hydrogens is 200 g/mol. The molecule has 2 nitrogen and oxygen atoms in total. The van der Waals surface area contributed by atoms with Crippen molar-refractivity contribution in [2.75, 3.05) is 0 Å². The van der Waals surface area contributed by atoms with E-state index in [1.54, 1.807) is 0 Å². The molecular formula is C14H22O2. The first-order valence-electron chi connectivity index (χ1n) is 6.54. The lowest BCUT2D eigenvalue weighted by Crippen LogP contribution is -2.46. The van der Waals surface area contributed by atoms with Gasteiger partial charge in [-0.05, 0) is 41.9 Å². The molecule has 2 aliphatic heterocycles. The monoisotopic (exact) mass is 222 g/mol. The van der Waals surface area contributed by atoms with E-state index in [9.17, 15) is 4.79 Å². The summed E-state index contributed by atoms with van der Waals surface area (Å²) in [5.41, 5.74) is 0.580. The number of carbonyl (C=O) groups excluding carboxylic acids is 1. The van der Waals surface area contributed by atoms with E-state index in [1.165, 1.54) is 6.42 Å². The average Bonchev–Trinajstić information content (AvgIpc) is 2.48. The Morgan fingerprint density at radius 1 is 1.44 bits per heavy atom. The van der Waals surface area contributed by atoms with Crippen molar-refractivity contribution in [3.8, 4) is 0 Å². The van der Waals surface area contributed by atoms with Crippen molar-refractivity contribution in [2.24, 2.45) is 28.6 Å². The Hall–Kier alpha value is -0.530. The molecule has 0 aromatic rings. The van der Waals surface area contributed by atoms with Gasteiger partial charge >= 0.3 is 5.97 Å². The lowest BCUT2D eigenvalue weighted by atomic mass is 9.63. The summed E-state index contributed by atoms with van der Waals surface area (Å²) < 4.78 is 5.51. The molecule has 2 heterocycles. The number of rotatable bonds is 1. The molecule has 0 spiro atoms. The molecule has 2 aliphatic carbocycles. The van der Waals surface area contributed by atoms with Crippen molar-refractivity contribution in [3.05, 3.63) is 0 Å². The number of carbonyl (C=O) groups is 1. The van der Waals surface area contributed by atoms with Gasteiger partial charge in [-0.3, -0.25) is 4.79 Å². The SMILES string of the molecule is CC1C2CC3C(=O)OC2CC31CC(C)(C)C. The zero-order chi connectivity index (χ0) is 11.7. The van der Waals surface area contributed by atoms with Crippen molar-refractivity contribution in [1.82, 2.24) is 0 Å². The zero-order valence-electron chi connectivity index (χ0n) is 10.7. The van der Waals surface area contributed by atoms with E-state index in [0.717, 1.165) is 12.8 Å². The predicted octanol–water partition coefficient (Wildman–Crippen LogP) is 3.01. The molecule has 4 rings (SSSR count). The second kappa shape index (κ2) is 2.83. The number of hydrogen-bond donors (Lipinski definition) is 0. The summed E-state index contributed by atoms with van der Waals surface area (Å²) >= 11 is 0. The third-order valence-corrected chi connectivity index (χ3v) is 5.22. The molecule has 0 N–H and O–H groups in total. The quantitative estimate of drug-likeness (QED) is 0.637. The Morgan fingerprint density at radius 2 is 2.12 bits per heavy atom. The van der Waals surface area contributed by atoms with Gasteiger partial charge in [-0.1, -0.05) is 27.7 Å². The molecule has 4 fully saturated rings. The lowest BCUT2D eigenvalue weighted by Gasteiger charge is -2.45. The summed E-state index contributed by atoms with van der Waals surface area (Å²) in [6.07, 6.45) is 3.65. The van der Waals surface area contributed by atoms with Crippen LogP contribution in [0.2, 0.25) is 0 Å². The van der Waals surface area contributed by atoms with Crippen LogP contribution in [-0.2, 0) is 9.53 Å². The maximum atomic E-state index is 11.9. The Labute approximate surface area is 97.7 Å². The van der Waals surface area contributed by atoms with Crippen LogP contribution in [0, 0.1) is 28.6 Å². The van der Waals surface area contributed by atoms with Crippen LogP contribution in [0.1, 0.15) is 47.0 Å². The Balaban J connectivity index is 1.97.